The van der Waals surface area contributed by atoms with Gasteiger partial charge in [-0.05, 0) is 11.6 Å². The van der Waals surface area contributed by atoms with Crippen LogP contribution in [0, 0.1) is 0 Å². The van der Waals surface area contributed by atoms with E-state index in [0.29, 0.717) is 5.69 Å². The van der Waals surface area contributed by atoms with Gasteiger partial charge in [-0.25, -0.2) is 4.79 Å². The van der Waals surface area contributed by atoms with Crippen LogP contribution >= 0.6 is 0 Å². The van der Waals surface area contributed by atoms with E-state index < -0.39 is 0 Å². The summed E-state index contributed by atoms with van der Waals surface area (Å²) in [6, 6.07) is 11.8. The molecule has 3 heteroatoms. The number of esters is 1. The molecule has 0 atom stereocenters. The van der Waals surface area contributed by atoms with Crippen molar-refractivity contribution in [2.24, 2.45) is 7.05 Å². The zero-order valence-electron chi connectivity index (χ0n) is 9.31. The SMILES string of the molecule is COC(=O)c1cc(-c2ccccc2)cn1C. The van der Waals surface area contributed by atoms with E-state index in [4.69, 9.17) is 4.74 Å². The minimum Gasteiger partial charge on any atom is -0.464 e. The van der Waals surface area contributed by atoms with Gasteiger partial charge in [0, 0.05) is 18.8 Å². The molecule has 0 aliphatic heterocycles. The normalized spacial score (nSPS) is 10.1. The number of methoxy groups -OCH3 is 1. The van der Waals surface area contributed by atoms with Gasteiger partial charge >= 0.3 is 5.97 Å². The van der Waals surface area contributed by atoms with Gasteiger partial charge in [0.2, 0.25) is 0 Å². The highest BCUT2D eigenvalue weighted by Gasteiger charge is 2.12. The lowest BCUT2D eigenvalue weighted by Crippen LogP contribution is -2.06. The first kappa shape index (κ1) is 10.5. The molecule has 0 amide bonds. The maximum absolute atomic E-state index is 11.4. The summed E-state index contributed by atoms with van der Waals surface area (Å²) in [5.41, 5.74) is 2.66. The number of ether oxygens (including phenoxy) is 1. The maximum atomic E-state index is 11.4. The van der Waals surface area contributed by atoms with Crippen molar-refractivity contribution >= 4 is 5.97 Å². The summed E-state index contributed by atoms with van der Waals surface area (Å²) in [5.74, 6) is -0.315. The third-order valence-corrected chi connectivity index (χ3v) is 2.51. The third kappa shape index (κ3) is 1.84. The van der Waals surface area contributed by atoms with Crippen LogP contribution in [0.15, 0.2) is 42.6 Å². The van der Waals surface area contributed by atoms with E-state index in [1.165, 1.54) is 7.11 Å². The highest BCUT2D eigenvalue weighted by Crippen LogP contribution is 2.21. The molecule has 16 heavy (non-hydrogen) atoms. The Morgan fingerprint density at radius 3 is 2.50 bits per heavy atom. The molecule has 0 aliphatic rings. The summed E-state index contributed by atoms with van der Waals surface area (Å²) in [4.78, 5) is 11.4. The van der Waals surface area contributed by atoms with E-state index in [1.807, 2.05) is 49.6 Å². The van der Waals surface area contributed by atoms with Gasteiger partial charge in [0.05, 0.1) is 7.11 Å². The van der Waals surface area contributed by atoms with Crippen molar-refractivity contribution in [1.29, 1.82) is 0 Å². The Morgan fingerprint density at radius 2 is 1.88 bits per heavy atom. The number of benzene rings is 1. The number of nitrogens with zero attached hydrogens (tertiary/aromatic N) is 1. The minimum atomic E-state index is -0.315. The van der Waals surface area contributed by atoms with E-state index in [9.17, 15) is 4.79 Å². The fourth-order valence-electron chi connectivity index (χ4n) is 1.66. The summed E-state index contributed by atoms with van der Waals surface area (Å²) >= 11 is 0. The number of aromatic nitrogens is 1. The van der Waals surface area contributed by atoms with E-state index in [-0.39, 0.29) is 5.97 Å². The first-order valence-electron chi connectivity index (χ1n) is 5.02. The molecule has 0 unspecified atom stereocenters. The topological polar surface area (TPSA) is 31.2 Å². The van der Waals surface area contributed by atoms with Gasteiger partial charge in [0.1, 0.15) is 5.69 Å². The van der Waals surface area contributed by atoms with Crippen LogP contribution in [0.2, 0.25) is 0 Å². The van der Waals surface area contributed by atoms with Gasteiger partial charge < -0.3 is 9.30 Å². The van der Waals surface area contributed by atoms with Crippen LogP contribution in [0.1, 0.15) is 10.5 Å². The fourth-order valence-corrected chi connectivity index (χ4v) is 1.66. The molecule has 0 saturated heterocycles. The van der Waals surface area contributed by atoms with Gasteiger partial charge in [-0.2, -0.15) is 0 Å². The Hall–Kier alpha value is -2.03. The van der Waals surface area contributed by atoms with Crippen LogP contribution < -0.4 is 0 Å². The van der Waals surface area contributed by atoms with Crippen molar-refractivity contribution < 1.29 is 9.53 Å². The molecule has 0 bridgehead atoms. The lowest BCUT2D eigenvalue weighted by atomic mass is 10.1. The molecule has 0 radical (unpaired) electrons. The lowest BCUT2D eigenvalue weighted by molar-refractivity contribution is 0.0590. The van der Waals surface area contributed by atoms with E-state index >= 15 is 0 Å². The molecular weight excluding hydrogens is 202 g/mol. The van der Waals surface area contributed by atoms with Crippen molar-refractivity contribution in [3.05, 3.63) is 48.3 Å². The predicted molar refractivity (Wildman–Crippen MR) is 62.2 cm³/mol. The smallest absolute Gasteiger partial charge is 0.354 e. The molecule has 0 spiro atoms. The first-order chi connectivity index (χ1) is 7.72. The van der Waals surface area contributed by atoms with E-state index in [2.05, 4.69) is 0 Å². The van der Waals surface area contributed by atoms with E-state index in [1.54, 1.807) is 4.57 Å². The molecule has 0 aliphatic carbocycles. The average Bonchev–Trinajstić information content (AvgIpc) is 2.71. The number of hydrogen-bond donors (Lipinski definition) is 0. The molecule has 2 aromatic rings. The molecule has 82 valence electrons. The predicted octanol–water partition coefficient (Wildman–Crippen LogP) is 2.48. The van der Waals surface area contributed by atoms with Crippen LogP contribution in [0.5, 0.6) is 0 Å². The van der Waals surface area contributed by atoms with Crippen molar-refractivity contribution in [2.75, 3.05) is 7.11 Å². The Kier molecular flexibility index (Phi) is 2.77. The fraction of sp³-hybridized carbons (Fsp3) is 0.154. The molecule has 0 saturated carbocycles. The molecule has 0 N–H and O–H groups in total. The summed E-state index contributed by atoms with van der Waals surface area (Å²) in [5, 5.41) is 0. The molecule has 1 heterocycles. The lowest BCUT2D eigenvalue weighted by Gasteiger charge is -1.98. The Morgan fingerprint density at radius 1 is 1.19 bits per heavy atom. The largest absolute Gasteiger partial charge is 0.464 e. The summed E-state index contributed by atoms with van der Waals surface area (Å²) in [6.45, 7) is 0. The number of carbonyl (C=O) groups excluding carboxylic acids is 1. The second kappa shape index (κ2) is 4.23. The van der Waals surface area contributed by atoms with Crippen LogP contribution in [0.3, 0.4) is 0 Å². The van der Waals surface area contributed by atoms with Crippen molar-refractivity contribution in [3.63, 3.8) is 0 Å². The standard InChI is InChI=1S/C13H13NO2/c1-14-9-11(8-12(14)13(15)16-2)10-6-4-3-5-7-10/h3-9H,1-2H3. The molecule has 2 rings (SSSR count). The van der Waals surface area contributed by atoms with Crippen molar-refractivity contribution in [3.8, 4) is 11.1 Å². The van der Waals surface area contributed by atoms with Gasteiger partial charge in [0.15, 0.2) is 0 Å². The highest BCUT2D eigenvalue weighted by atomic mass is 16.5. The number of carbonyl (C=O) groups is 1. The first-order valence-corrected chi connectivity index (χ1v) is 5.02. The summed E-state index contributed by atoms with van der Waals surface area (Å²) < 4.78 is 6.48. The maximum Gasteiger partial charge on any atom is 0.354 e. The van der Waals surface area contributed by atoms with Crippen LogP contribution in [0.25, 0.3) is 11.1 Å². The number of aryl methyl sites for hydroxylation is 1. The summed E-state index contributed by atoms with van der Waals surface area (Å²) in [6.07, 6.45) is 1.92. The average molecular weight is 215 g/mol. The zero-order valence-corrected chi connectivity index (χ0v) is 9.31. The summed E-state index contributed by atoms with van der Waals surface area (Å²) in [7, 11) is 3.22. The second-order valence-corrected chi connectivity index (χ2v) is 3.58. The molecular formula is C13H13NO2. The molecule has 0 fully saturated rings. The van der Waals surface area contributed by atoms with Gasteiger partial charge in [0.25, 0.3) is 0 Å². The Bertz CT molecular complexity index is 500. The molecule has 1 aromatic heterocycles. The minimum absolute atomic E-state index is 0.315. The Balaban J connectivity index is 2.42. The highest BCUT2D eigenvalue weighted by molar-refractivity contribution is 5.89. The van der Waals surface area contributed by atoms with Gasteiger partial charge in [-0.15, -0.1) is 0 Å². The van der Waals surface area contributed by atoms with E-state index in [0.717, 1.165) is 11.1 Å². The van der Waals surface area contributed by atoms with Crippen LogP contribution in [0.4, 0.5) is 0 Å². The zero-order chi connectivity index (χ0) is 11.5. The molecule has 3 nitrogen and oxygen atoms in total. The van der Waals surface area contributed by atoms with Crippen LogP contribution in [-0.4, -0.2) is 17.6 Å². The quantitative estimate of drug-likeness (QED) is 0.721. The van der Waals surface area contributed by atoms with Crippen molar-refractivity contribution in [1.82, 2.24) is 4.57 Å². The van der Waals surface area contributed by atoms with Crippen molar-refractivity contribution in [2.45, 2.75) is 0 Å². The Labute approximate surface area is 94.3 Å². The number of hydrogen-bond acceptors (Lipinski definition) is 2. The van der Waals surface area contributed by atoms with Gasteiger partial charge in [-0.3, -0.25) is 0 Å². The monoisotopic (exact) mass is 215 g/mol. The second-order valence-electron chi connectivity index (χ2n) is 3.58. The third-order valence-electron chi connectivity index (χ3n) is 2.51. The number of rotatable bonds is 2. The van der Waals surface area contributed by atoms with Crippen LogP contribution in [-0.2, 0) is 11.8 Å². The molecule has 1 aromatic carbocycles. The van der Waals surface area contributed by atoms with Gasteiger partial charge in [-0.1, -0.05) is 30.3 Å².